The predicted molar refractivity (Wildman–Crippen MR) is 55.8 cm³/mol. The zero-order valence-electron chi connectivity index (χ0n) is 7.58. The summed E-state index contributed by atoms with van der Waals surface area (Å²) in [5.74, 6) is 0. The van der Waals surface area contributed by atoms with Crippen LogP contribution in [0, 0.1) is 11.3 Å². The van der Waals surface area contributed by atoms with Crippen LogP contribution in [0.4, 0.5) is 0 Å². The number of hydrogen-bond acceptors (Lipinski definition) is 2. The first-order valence-electron chi connectivity index (χ1n) is 4.07. The van der Waals surface area contributed by atoms with Crippen molar-refractivity contribution in [3.05, 3.63) is 35.4 Å². The number of nitrogens with zero attached hydrogens (tertiary/aromatic N) is 1. The van der Waals surface area contributed by atoms with Crippen LogP contribution >= 0.6 is 12.4 Å². The zero-order chi connectivity index (χ0) is 8.81. The Bertz CT molecular complexity index is 291. The van der Waals surface area contributed by atoms with Gasteiger partial charge in [0, 0.05) is 6.54 Å². The van der Waals surface area contributed by atoms with E-state index in [0.717, 1.165) is 24.2 Å². The Kier molecular flexibility index (Phi) is 5.96. The van der Waals surface area contributed by atoms with E-state index in [9.17, 15) is 0 Å². The van der Waals surface area contributed by atoms with Crippen LogP contribution in [0.5, 0.6) is 0 Å². The average Bonchev–Trinajstić information content (AvgIpc) is 2.15. The molecule has 0 spiro atoms. The van der Waals surface area contributed by atoms with Gasteiger partial charge in [-0.2, -0.15) is 5.26 Å². The molecule has 1 aromatic rings. The normalized spacial score (nSPS) is 8.62. The van der Waals surface area contributed by atoms with Gasteiger partial charge < -0.3 is 5.32 Å². The summed E-state index contributed by atoms with van der Waals surface area (Å²) in [5.41, 5.74) is 1.83. The Labute approximate surface area is 85.0 Å². The van der Waals surface area contributed by atoms with Gasteiger partial charge >= 0.3 is 0 Å². The number of rotatable bonds is 3. The molecule has 0 aliphatic rings. The summed E-state index contributed by atoms with van der Waals surface area (Å²) in [5, 5.41) is 11.9. The summed E-state index contributed by atoms with van der Waals surface area (Å²) in [4.78, 5) is 0. The SMILES string of the molecule is CCNCc1ccccc1C#N.Cl. The van der Waals surface area contributed by atoms with Crippen molar-refractivity contribution in [2.45, 2.75) is 13.5 Å². The first kappa shape index (κ1) is 12.0. The summed E-state index contributed by atoms with van der Waals surface area (Å²) in [6.07, 6.45) is 0. The number of nitrogens with one attached hydrogen (secondary N) is 1. The highest BCUT2D eigenvalue weighted by Gasteiger charge is 1.97. The van der Waals surface area contributed by atoms with Crippen LogP contribution in [-0.4, -0.2) is 6.54 Å². The Balaban J connectivity index is 0.00000144. The van der Waals surface area contributed by atoms with Crippen molar-refractivity contribution in [3.63, 3.8) is 0 Å². The van der Waals surface area contributed by atoms with Gasteiger partial charge in [-0.15, -0.1) is 12.4 Å². The average molecular weight is 197 g/mol. The summed E-state index contributed by atoms with van der Waals surface area (Å²) in [6.45, 7) is 3.76. The van der Waals surface area contributed by atoms with E-state index in [1.54, 1.807) is 0 Å². The van der Waals surface area contributed by atoms with Gasteiger partial charge in [0.1, 0.15) is 0 Å². The first-order valence-corrected chi connectivity index (χ1v) is 4.07. The first-order chi connectivity index (χ1) is 5.88. The Morgan fingerprint density at radius 2 is 2.08 bits per heavy atom. The highest BCUT2D eigenvalue weighted by atomic mass is 35.5. The van der Waals surface area contributed by atoms with E-state index < -0.39 is 0 Å². The van der Waals surface area contributed by atoms with Crippen LogP contribution in [-0.2, 0) is 6.54 Å². The van der Waals surface area contributed by atoms with Crippen molar-refractivity contribution in [2.75, 3.05) is 6.54 Å². The fraction of sp³-hybridized carbons (Fsp3) is 0.300. The van der Waals surface area contributed by atoms with E-state index >= 15 is 0 Å². The molecule has 70 valence electrons. The van der Waals surface area contributed by atoms with E-state index in [4.69, 9.17) is 5.26 Å². The second-order valence-electron chi connectivity index (χ2n) is 2.55. The standard InChI is InChI=1S/C10H12N2.ClH/c1-2-12-8-10-6-4-3-5-9(10)7-11;/h3-6,12H,2,8H2,1H3;1H. The molecule has 0 bridgehead atoms. The second-order valence-corrected chi connectivity index (χ2v) is 2.55. The van der Waals surface area contributed by atoms with Crippen LogP contribution in [0.3, 0.4) is 0 Å². The zero-order valence-corrected chi connectivity index (χ0v) is 8.40. The van der Waals surface area contributed by atoms with Crippen LogP contribution < -0.4 is 5.32 Å². The van der Waals surface area contributed by atoms with Crippen molar-refractivity contribution in [3.8, 4) is 6.07 Å². The van der Waals surface area contributed by atoms with Crippen LogP contribution in [0.1, 0.15) is 18.1 Å². The molecular weight excluding hydrogens is 184 g/mol. The molecule has 0 aliphatic heterocycles. The predicted octanol–water partition coefficient (Wildman–Crippen LogP) is 2.09. The smallest absolute Gasteiger partial charge is 0.0995 e. The Morgan fingerprint density at radius 3 is 2.69 bits per heavy atom. The molecule has 1 rings (SSSR count). The Morgan fingerprint density at radius 1 is 1.38 bits per heavy atom. The van der Waals surface area contributed by atoms with Crippen molar-refractivity contribution in [1.29, 1.82) is 5.26 Å². The maximum Gasteiger partial charge on any atom is 0.0995 e. The van der Waals surface area contributed by atoms with Gasteiger partial charge in [-0.05, 0) is 18.2 Å². The lowest BCUT2D eigenvalue weighted by Crippen LogP contribution is -2.12. The molecule has 0 atom stereocenters. The number of benzene rings is 1. The lowest BCUT2D eigenvalue weighted by molar-refractivity contribution is 0.725. The molecule has 1 N–H and O–H groups in total. The second kappa shape index (κ2) is 6.47. The fourth-order valence-corrected chi connectivity index (χ4v) is 1.04. The van der Waals surface area contributed by atoms with Gasteiger partial charge in [0.25, 0.3) is 0 Å². The lowest BCUT2D eigenvalue weighted by atomic mass is 10.1. The molecule has 0 aliphatic carbocycles. The minimum absolute atomic E-state index is 0. The number of hydrogen-bond donors (Lipinski definition) is 1. The van der Waals surface area contributed by atoms with Gasteiger partial charge in [0.05, 0.1) is 11.6 Å². The van der Waals surface area contributed by atoms with Crippen LogP contribution in [0.25, 0.3) is 0 Å². The molecule has 0 unspecified atom stereocenters. The lowest BCUT2D eigenvalue weighted by Gasteiger charge is -2.02. The molecule has 0 saturated heterocycles. The third kappa shape index (κ3) is 3.45. The van der Waals surface area contributed by atoms with Crippen LogP contribution in [0.15, 0.2) is 24.3 Å². The minimum atomic E-state index is 0. The third-order valence-electron chi connectivity index (χ3n) is 1.70. The molecule has 3 heteroatoms. The number of halogens is 1. The minimum Gasteiger partial charge on any atom is -0.313 e. The molecule has 0 aromatic heterocycles. The molecule has 0 fully saturated rings. The van der Waals surface area contributed by atoms with Gasteiger partial charge in [-0.25, -0.2) is 0 Å². The monoisotopic (exact) mass is 196 g/mol. The topological polar surface area (TPSA) is 35.8 Å². The molecule has 13 heavy (non-hydrogen) atoms. The maximum absolute atomic E-state index is 8.74. The van der Waals surface area contributed by atoms with Crippen molar-refractivity contribution < 1.29 is 0 Å². The van der Waals surface area contributed by atoms with Gasteiger partial charge in [-0.1, -0.05) is 25.1 Å². The van der Waals surface area contributed by atoms with Crippen molar-refractivity contribution in [1.82, 2.24) is 5.32 Å². The Hall–Kier alpha value is -1.04. The molecule has 0 radical (unpaired) electrons. The molecule has 0 heterocycles. The highest BCUT2D eigenvalue weighted by Crippen LogP contribution is 2.05. The van der Waals surface area contributed by atoms with Gasteiger partial charge in [0.15, 0.2) is 0 Å². The number of nitriles is 1. The summed E-state index contributed by atoms with van der Waals surface area (Å²) >= 11 is 0. The van der Waals surface area contributed by atoms with E-state index in [1.807, 2.05) is 24.3 Å². The van der Waals surface area contributed by atoms with Crippen LogP contribution in [0.2, 0.25) is 0 Å². The van der Waals surface area contributed by atoms with E-state index in [1.165, 1.54) is 0 Å². The summed E-state index contributed by atoms with van der Waals surface area (Å²) in [7, 11) is 0. The molecular formula is C10H13ClN2. The fourth-order valence-electron chi connectivity index (χ4n) is 1.04. The summed E-state index contributed by atoms with van der Waals surface area (Å²) in [6, 6.07) is 9.81. The molecule has 2 nitrogen and oxygen atoms in total. The maximum atomic E-state index is 8.74. The summed E-state index contributed by atoms with van der Waals surface area (Å²) < 4.78 is 0. The van der Waals surface area contributed by atoms with Crippen molar-refractivity contribution in [2.24, 2.45) is 0 Å². The largest absolute Gasteiger partial charge is 0.313 e. The molecule has 1 aromatic carbocycles. The van der Waals surface area contributed by atoms with Gasteiger partial charge in [-0.3, -0.25) is 0 Å². The quantitative estimate of drug-likeness (QED) is 0.804. The highest BCUT2D eigenvalue weighted by molar-refractivity contribution is 5.85. The van der Waals surface area contributed by atoms with E-state index in [2.05, 4.69) is 18.3 Å². The third-order valence-corrected chi connectivity index (χ3v) is 1.70. The van der Waals surface area contributed by atoms with Crippen molar-refractivity contribution >= 4 is 12.4 Å². The molecule has 0 saturated carbocycles. The van der Waals surface area contributed by atoms with Gasteiger partial charge in [0.2, 0.25) is 0 Å². The molecule has 0 amide bonds. The van der Waals surface area contributed by atoms with E-state index in [-0.39, 0.29) is 12.4 Å². The van der Waals surface area contributed by atoms with E-state index in [0.29, 0.717) is 0 Å².